The van der Waals surface area contributed by atoms with Gasteiger partial charge in [0.1, 0.15) is 11.3 Å². The Kier molecular flexibility index (Phi) is 8.87. The molecule has 60 heavy (non-hydrogen) atoms. The fourth-order valence-electron chi connectivity index (χ4n) is 8.55. The Hall–Kier alpha value is -7.94. The molecule has 2 heteroatoms. The van der Waals surface area contributed by atoms with E-state index in [2.05, 4.69) is 223 Å². The second-order valence-electron chi connectivity index (χ2n) is 15.4. The van der Waals surface area contributed by atoms with Crippen molar-refractivity contribution in [3.63, 3.8) is 0 Å². The van der Waals surface area contributed by atoms with Crippen molar-refractivity contribution in [3.05, 3.63) is 237 Å². The highest BCUT2D eigenvalue weighted by Crippen LogP contribution is 2.40. The predicted octanol–water partition coefficient (Wildman–Crippen LogP) is 16.5. The highest BCUT2D eigenvalue weighted by Gasteiger charge is 2.16. The number of furan rings is 1. The Morgan fingerprint density at radius 3 is 1.53 bits per heavy atom. The quantitative estimate of drug-likeness (QED) is 0.153. The highest BCUT2D eigenvalue weighted by atomic mass is 16.3. The van der Waals surface area contributed by atoms with Gasteiger partial charge < -0.3 is 9.32 Å². The Morgan fingerprint density at radius 1 is 0.267 bits per heavy atom. The minimum Gasteiger partial charge on any atom is -0.456 e. The first-order valence-electron chi connectivity index (χ1n) is 20.5. The third-order valence-corrected chi connectivity index (χ3v) is 11.6. The van der Waals surface area contributed by atoms with Gasteiger partial charge in [-0.05, 0) is 133 Å². The summed E-state index contributed by atoms with van der Waals surface area (Å²) in [5.41, 5.74) is 14.8. The van der Waals surface area contributed by atoms with Crippen molar-refractivity contribution in [2.45, 2.75) is 0 Å². The van der Waals surface area contributed by atoms with E-state index in [0.29, 0.717) is 0 Å². The first kappa shape index (κ1) is 35.2. The van der Waals surface area contributed by atoms with Crippen LogP contribution in [0.4, 0.5) is 17.1 Å². The fourth-order valence-corrected chi connectivity index (χ4v) is 8.55. The Morgan fingerprint density at radius 2 is 0.767 bits per heavy atom. The maximum absolute atomic E-state index is 6.22. The maximum atomic E-state index is 6.22. The molecule has 0 spiro atoms. The molecule has 0 saturated carbocycles. The molecule has 0 aliphatic carbocycles. The van der Waals surface area contributed by atoms with Gasteiger partial charge in [0.15, 0.2) is 0 Å². The van der Waals surface area contributed by atoms with Crippen LogP contribution in [0.15, 0.2) is 241 Å². The molecule has 0 unspecified atom stereocenters. The van der Waals surface area contributed by atoms with Crippen LogP contribution in [0, 0.1) is 0 Å². The molecule has 0 N–H and O–H groups in total. The first-order valence-corrected chi connectivity index (χ1v) is 20.5. The van der Waals surface area contributed by atoms with Crippen molar-refractivity contribution in [1.29, 1.82) is 0 Å². The number of rotatable bonds is 8. The molecule has 1 heterocycles. The van der Waals surface area contributed by atoms with Gasteiger partial charge in [-0.2, -0.15) is 0 Å². The number of para-hydroxylation sites is 1. The molecule has 282 valence electrons. The maximum Gasteiger partial charge on any atom is 0.135 e. The second kappa shape index (κ2) is 15.1. The van der Waals surface area contributed by atoms with Gasteiger partial charge in [-0.25, -0.2) is 0 Å². The van der Waals surface area contributed by atoms with Gasteiger partial charge in [0, 0.05) is 28.0 Å². The molecule has 2 nitrogen and oxygen atoms in total. The molecular weight excluding hydrogens is 727 g/mol. The topological polar surface area (TPSA) is 16.4 Å². The van der Waals surface area contributed by atoms with Gasteiger partial charge in [-0.15, -0.1) is 0 Å². The summed E-state index contributed by atoms with van der Waals surface area (Å²) in [6, 6.07) is 84.9. The van der Waals surface area contributed by atoms with Crippen molar-refractivity contribution in [2.75, 3.05) is 4.90 Å². The largest absolute Gasteiger partial charge is 0.456 e. The SMILES string of the molecule is c1ccc(-c2cccc(-c3ccc(N(c4ccc(-c5cccc6ccccc56)cc4)c4ccc5cc(-c6cccc(-c7cc8ccccc8o7)c6)ccc5c4)cc3)c2)cc1. The Balaban J connectivity index is 0.956. The molecule has 0 saturated heterocycles. The minimum atomic E-state index is 0.877. The Labute approximate surface area is 349 Å². The van der Waals surface area contributed by atoms with Gasteiger partial charge in [0.2, 0.25) is 0 Å². The van der Waals surface area contributed by atoms with Crippen molar-refractivity contribution in [2.24, 2.45) is 0 Å². The minimum absolute atomic E-state index is 0.877. The van der Waals surface area contributed by atoms with E-state index in [1.807, 2.05) is 18.2 Å². The Bertz CT molecular complexity index is 3270. The molecule has 0 amide bonds. The van der Waals surface area contributed by atoms with E-state index >= 15 is 0 Å². The lowest BCUT2D eigenvalue weighted by atomic mass is 9.97. The van der Waals surface area contributed by atoms with E-state index in [1.54, 1.807) is 0 Å². The summed E-state index contributed by atoms with van der Waals surface area (Å²) in [7, 11) is 0. The van der Waals surface area contributed by atoms with E-state index in [9.17, 15) is 0 Å². The summed E-state index contributed by atoms with van der Waals surface area (Å²) in [5.74, 6) is 0.877. The lowest BCUT2D eigenvalue weighted by molar-refractivity contribution is 0.631. The van der Waals surface area contributed by atoms with Crippen LogP contribution in [-0.2, 0) is 0 Å². The van der Waals surface area contributed by atoms with Crippen LogP contribution < -0.4 is 4.90 Å². The van der Waals surface area contributed by atoms with Gasteiger partial charge >= 0.3 is 0 Å². The van der Waals surface area contributed by atoms with Crippen LogP contribution >= 0.6 is 0 Å². The normalized spacial score (nSPS) is 11.3. The van der Waals surface area contributed by atoms with Crippen molar-refractivity contribution in [3.8, 4) is 55.8 Å². The van der Waals surface area contributed by atoms with E-state index < -0.39 is 0 Å². The monoisotopic (exact) mass is 765 g/mol. The van der Waals surface area contributed by atoms with Gasteiger partial charge in [-0.3, -0.25) is 0 Å². The molecule has 10 aromatic carbocycles. The third kappa shape index (κ3) is 6.70. The lowest BCUT2D eigenvalue weighted by Gasteiger charge is -2.26. The molecule has 0 fully saturated rings. The van der Waals surface area contributed by atoms with Crippen LogP contribution in [0.3, 0.4) is 0 Å². The molecule has 1 aromatic heterocycles. The summed E-state index contributed by atoms with van der Waals surface area (Å²) in [6.07, 6.45) is 0. The van der Waals surface area contributed by atoms with E-state index in [0.717, 1.165) is 44.9 Å². The average molecular weight is 766 g/mol. The smallest absolute Gasteiger partial charge is 0.135 e. The summed E-state index contributed by atoms with van der Waals surface area (Å²) >= 11 is 0. The van der Waals surface area contributed by atoms with Gasteiger partial charge in [0.25, 0.3) is 0 Å². The zero-order valence-electron chi connectivity index (χ0n) is 32.9. The number of hydrogen-bond donors (Lipinski definition) is 0. The van der Waals surface area contributed by atoms with E-state index in [4.69, 9.17) is 4.42 Å². The number of benzene rings is 10. The van der Waals surface area contributed by atoms with Crippen molar-refractivity contribution in [1.82, 2.24) is 0 Å². The number of hydrogen-bond acceptors (Lipinski definition) is 2. The molecule has 0 aliphatic heterocycles. The summed E-state index contributed by atoms with van der Waals surface area (Å²) in [6.45, 7) is 0. The molecule has 11 rings (SSSR count). The zero-order valence-corrected chi connectivity index (χ0v) is 32.9. The third-order valence-electron chi connectivity index (χ3n) is 11.6. The van der Waals surface area contributed by atoms with Crippen molar-refractivity contribution < 1.29 is 4.42 Å². The van der Waals surface area contributed by atoms with Crippen LogP contribution in [-0.4, -0.2) is 0 Å². The predicted molar refractivity (Wildman–Crippen MR) is 253 cm³/mol. The zero-order chi connectivity index (χ0) is 39.8. The van der Waals surface area contributed by atoms with Crippen LogP contribution in [0.25, 0.3) is 88.3 Å². The van der Waals surface area contributed by atoms with E-state index in [1.165, 1.54) is 60.5 Å². The van der Waals surface area contributed by atoms with Crippen LogP contribution in [0.5, 0.6) is 0 Å². The second-order valence-corrected chi connectivity index (χ2v) is 15.4. The molecular formula is C58H39NO. The van der Waals surface area contributed by atoms with Gasteiger partial charge in [-0.1, -0.05) is 170 Å². The number of fused-ring (bicyclic) bond motifs is 3. The van der Waals surface area contributed by atoms with Crippen LogP contribution in [0.2, 0.25) is 0 Å². The molecule has 0 bridgehead atoms. The average Bonchev–Trinajstić information content (AvgIpc) is 3.77. The van der Waals surface area contributed by atoms with Gasteiger partial charge in [0.05, 0.1) is 0 Å². The standard InChI is InChI=1S/C58H39NO/c1-2-11-40(12-3-1)44-16-8-17-45(35-44)41-25-30-52(31-26-41)59(53-32-27-43(28-33-53)56-21-10-15-42-13-4-6-20-55(42)56)54-34-29-48-36-47(23-24-49(48)38-54)46-18-9-19-50(37-46)58-39-51-14-5-7-22-57(51)60-58/h1-39H. The molecule has 0 atom stereocenters. The lowest BCUT2D eigenvalue weighted by Crippen LogP contribution is -2.09. The highest BCUT2D eigenvalue weighted by molar-refractivity contribution is 5.97. The fraction of sp³-hybridized carbons (Fsp3) is 0. The van der Waals surface area contributed by atoms with Crippen molar-refractivity contribution >= 4 is 49.6 Å². The summed E-state index contributed by atoms with van der Waals surface area (Å²) < 4.78 is 6.22. The molecule has 11 aromatic rings. The summed E-state index contributed by atoms with van der Waals surface area (Å²) in [5, 5.41) is 5.97. The number of anilines is 3. The van der Waals surface area contributed by atoms with Crippen LogP contribution in [0.1, 0.15) is 0 Å². The molecule has 0 radical (unpaired) electrons. The first-order chi connectivity index (χ1) is 29.7. The number of nitrogens with zero attached hydrogens (tertiary/aromatic N) is 1. The summed E-state index contributed by atoms with van der Waals surface area (Å²) in [4.78, 5) is 2.36. The molecule has 0 aliphatic rings. The van der Waals surface area contributed by atoms with E-state index in [-0.39, 0.29) is 0 Å².